The predicted octanol–water partition coefficient (Wildman–Crippen LogP) is 0.873. The van der Waals surface area contributed by atoms with E-state index in [4.69, 9.17) is 4.52 Å². The summed E-state index contributed by atoms with van der Waals surface area (Å²) in [5.74, 6) is 0.901. The number of ether oxygens (including phenoxy) is 1. The van der Waals surface area contributed by atoms with Crippen molar-refractivity contribution in [2.75, 3.05) is 20.7 Å². The van der Waals surface area contributed by atoms with E-state index < -0.39 is 0 Å². The summed E-state index contributed by atoms with van der Waals surface area (Å²) < 4.78 is 9.68. The van der Waals surface area contributed by atoms with Crippen LogP contribution in [0.25, 0.3) is 0 Å². The minimum absolute atomic E-state index is 0.164. The Hall–Kier alpha value is -1.43. The fourth-order valence-corrected chi connectivity index (χ4v) is 1.55. The molecule has 0 saturated heterocycles. The van der Waals surface area contributed by atoms with Crippen LogP contribution in [0.3, 0.4) is 0 Å². The molecular weight excluding hydrogens is 222 g/mol. The predicted molar refractivity (Wildman–Crippen MR) is 61.2 cm³/mol. The average molecular weight is 241 g/mol. The summed E-state index contributed by atoms with van der Waals surface area (Å²) in [5, 5.41) is 3.86. The zero-order valence-corrected chi connectivity index (χ0v) is 10.8. The van der Waals surface area contributed by atoms with Crippen molar-refractivity contribution in [3.63, 3.8) is 0 Å². The van der Waals surface area contributed by atoms with E-state index >= 15 is 0 Å². The summed E-state index contributed by atoms with van der Waals surface area (Å²) >= 11 is 0. The van der Waals surface area contributed by atoms with Crippen molar-refractivity contribution in [3.8, 4) is 0 Å². The summed E-state index contributed by atoms with van der Waals surface area (Å²) in [7, 11) is 3.30. The van der Waals surface area contributed by atoms with E-state index in [2.05, 4.69) is 14.9 Å². The number of esters is 1. The maximum absolute atomic E-state index is 11.3. The first-order valence-corrected chi connectivity index (χ1v) is 5.64. The Morgan fingerprint density at radius 3 is 2.82 bits per heavy atom. The van der Waals surface area contributed by atoms with Crippen LogP contribution in [0, 0.1) is 5.92 Å². The van der Waals surface area contributed by atoms with E-state index in [9.17, 15) is 4.79 Å². The number of hydrogen-bond donors (Lipinski definition) is 0. The van der Waals surface area contributed by atoms with Gasteiger partial charge in [0.25, 0.3) is 0 Å². The van der Waals surface area contributed by atoms with Crippen LogP contribution in [0.5, 0.6) is 0 Å². The highest BCUT2D eigenvalue weighted by Crippen LogP contribution is 2.05. The normalized spacial score (nSPS) is 12.8. The molecule has 1 aromatic rings. The van der Waals surface area contributed by atoms with Gasteiger partial charge in [0.1, 0.15) is 0 Å². The SMILES string of the molecule is CCc1nc(CN(C)CC(C)C(=O)OC)no1. The monoisotopic (exact) mass is 241 g/mol. The molecule has 1 rings (SSSR count). The number of rotatable bonds is 6. The molecule has 0 N–H and O–H groups in total. The molecule has 0 bridgehead atoms. The van der Waals surface area contributed by atoms with Gasteiger partial charge < -0.3 is 9.26 Å². The zero-order chi connectivity index (χ0) is 12.8. The van der Waals surface area contributed by atoms with Gasteiger partial charge in [0.2, 0.25) is 5.89 Å². The topological polar surface area (TPSA) is 68.5 Å². The molecule has 0 aliphatic heterocycles. The number of aromatic nitrogens is 2. The third-order valence-corrected chi connectivity index (χ3v) is 2.41. The summed E-state index contributed by atoms with van der Waals surface area (Å²) in [6, 6.07) is 0. The van der Waals surface area contributed by atoms with E-state index in [1.807, 2.05) is 25.8 Å². The second kappa shape index (κ2) is 6.34. The lowest BCUT2D eigenvalue weighted by Gasteiger charge is -2.17. The number of carbonyl (C=O) groups excluding carboxylic acids is 1. The number of carbonyl (C=O) groups is 1. The second-order valence-corrected chi connectivity index (χ2v) is 4.08. The summed E-state index contributed by atoms with van der Waals surface area (Å²) in [4.78, 5) is 17.4. The van der Waals surface area contributed by atoms with Gasteiger partial charge in [-0.2, -0.15) is 4.98 Å². The third kappa shape index (κ3) is 4.14. The van der Waals surface area contributed by atoms with Crippen LogP contribution in [0.4, 0.5) is 0 Å². The average Bonchev–Trinajstić information content (AvgIpc) is 2.75. The molecule has 1 heterocycles. The number of methoxy groups -OCH3 is 1. The molecule has 0 amide bonds. The van der Waals surface area contributed by atoms with E-state index in [-0.39, 0.29) is 11.9 Å². The maximum atomic E-state index is 11.3. The van der Waals surface area contributed by atoms with Crippen LogP contribution >= 0.6 is 0 Å². The van der Waals surface area contributed by atoms with Gasteiger partial charge in [-0.05, 0) is 7.05 Å². The molecule has 0 aliphatic carbocycles. The summed E-state index contributed by atoms with van der Waals surface area (Å²) in [6.07, 6.45) is 0.731. The van der Waals surface area contributed by atoms with Gasteiger partial charge in [-0.3, -0.25) is 9.69 Å². The lowest BCUT2D eigenvalue weighted by atomic mass is 10.2. The zero-order valence-electron chi connectivity index (χ0n) is 10.8. The Bertz CT molecular complexity index is 365. The van der Waals surface area contributed by atoms with Crippen molar-refractivity contribution in [1.29, 1.82) is 0 Å². The second-order valence-electron chi connectivity index (χ2n) is 4.08. The Kier molecular flexibility index (Phi) is 5.09. The molecular formula is C11H19N3O3. The molecule has 0 aromatic carbocycles. The first-order chi connectivity index (χ1) is 8.06. The first kappa shape index (κ1) is 13.6. The molecule has 1 atom stereocenters. The molecule has 0 fully saturated rings. The van der Waals surface area contributed by atoms with Crippen molar-refractivity contribution in [3.05, 3.63) is 11.7 Å². The quantitative estimate of drug-likeness (QED) is 0.688. The largest absolute Gasteiger partial charge is 0.469 e. The van der Waals surface area contributed by atoms with Crippen LogP contribution in [-0.4, -0.2) is 41.7 Å². The highest BCUT2D eigenvalue weighted by molar-refractivity contribution is 5.71. The maximum Gasteiger partial charge on any atom is 0.309 e. The summed E-state index contributed by atoms with van der Waals surface area (Å²) in [5.41, 5.74) is 0. The van der Waals surface area contributed by atoms with Gasteiger partial charge in [-0.15, -0.1) is 0 Å². The van der Waals surface area contributed by atoms with Crippen molar-refractivity contribution < 1.29 is 14.1 Å². The molecule has 17 heavy (non-hydrogen) atoms. The van der Waals surface area contributed by atoms with Crippen LogP contribution in [-0.2, 0) is 22.5 Å². The molecule has 0 radical (unpaired) electrons. The standard InChI is InChI=1S/C11H19N3O3/c1-5-10-12-9(13-17-10)7-14(3)6-8(2)11(15)16-4/h8H,5-7H2,1-4H3. The minimum atomic E-state index is -0.209. The minimum Gasteiger partial charge on any atom is -0.469 e. The first-order valence-electron chi connectivity index (χ1n) is 5.64. The van der Waals surface area contributed by atoms with E-state index in [1.54, 1.807) is 0 Å². The Labute approximate surface area is 101 Å². The highest BCUT2D eigenvalue weighted by Gasteiger charge is 2.16. The molecule has 0 spiro atoms. The smallest absolute Gasteiger partial charge is 0.309 e. The van der Waals surface area contributed by atoms with Gasteiger partial charge in [0.05, 0.1) is 19.6 Å². The lowest BCUT2D eigenvalue weighted by molar-refractivity contribution is -0.145. The molecule has 0 saturated carbocycles. The number of aryl methyl sites for hydroxylation is 1. The fourth-order valence-electron chi connectivity index (χ4n) is 1.55. The molecule has 96 valence electrons. The van der Waals surface area contributed by atoms with E-state index in [0.29, 0.717) is 24.8 Å². The molecule has 6 nitrogen and oxygen atoms in total. The highest BCUT2D eigenvalue weighted by atomic mass is 16.5. The van der Waals surface area contributed by atoms with Gasteiger partial charge in [-0.25, -0.2) is 0 Å². The van der Waals surface area contributed by atoms with Gasteiger partial charge >= 0.3 is 5.97 Å². The van der Waals surface area contributed by atoms with Gasteiger partial charge in [0, 0.05) is 13.0 Å². The Morgan fingerprint density at radius 1 is 1.59 bits per heavy atom. The van der Waals surface area contributed by atoms with E-state index in [0.717, 1.165) is 6.42 Å². The molecule has 1 unspecified atom stereocenters. The van der Waals surface area contributed by atoms with Gasteiger partial charge in [-0.1, -0.05) is 19.0 Å². The van der Waals surface area contributed by atoms with Crippen molar-refractivity contribution >= 4 is 5.97 Å². The lowest BCUT2D eigenvalue weighted by Crippen LogP contribution is -2.29. The van der Waals surface area contributed by atoms with Crippen LogP contribution in [0.15, 0.2) is 4.52 Å². The molecule has 0 aliphatic rings. The Morgan fingerprint density at radius 2 is 2.29 bits per heavy atom. The summed E-state index contributed by atoms with van der Waals surface area (Å²) in [6.45, 7) is 4.95. The fraction of sp³-hybridized carbons (Fsp3) is 0.727. The molecule has 6 heteroatoms. The number of nitrogens with zero attached hydrogens (tertiary/aromatic N) is 3. The number of hydrogen-bond acceptors (Lipinski definition) is 6. The van der Waals surface area contributed by atoms with Crippen LogP contribution in [0.1, 0.15) is 25.6 Å². The van der Waals surface area contributed by atoms with E-state index in [1.165, 1.54) is 7.11 Å². The van der Waals surface area contributed by atoms with Crippen LogP contribution < -0.4 is 0 Å². The van der Waals surface area contributed by atoms with Crippen molar-refractivity contribution in [2.24, 2.45) is 5.92 Å². The van der Waals surface area contributed by atoms with Crippen molar-refractivity contribution in [1.82, 2.24) is 15.0 Å². The third-order valence-electron chi connectivity index (χ3n) is 2.41. The van der Waals surface area contributed by atoms with Gasteiger partial charge in [0.15, 0.2) is 5.82 Å². The van der Waals surface area contributed by atoms with Crippen molar-refractivity contribution in [2.45, 2.75) is 26.8 Å². The van der Waals surface area contributed by atoms with Crippen LogP contribution in [0.2, 0.25) is 0 Å². The molecule has 1 aromatic heterocycles. The Balaban J connectivity index is 2.43.